The molecule has 19 heavy (non-hydrogen) atoms. The van der Waals surface area contributed by atoms with Crippen molar-refractivity contribution in [3.63, 3.8) is 0 Å². The van der Waals surface area contributed by atoms with Gasteiger partial charge in [0.05, 0.1) is 27.4 Å². The normalized spacial score (nSPS) is 17.3. The SMILES string of the molecule is O=c1oc2ccccc2cc1C1=NN/C(=N\Br)SC1. The molecule has 0 fully saturated rings. The van der Waals surface area contributed by atoms with Gasteiger partial charge in [0.2, 0.25) is 0 Å². The summed E-state index contributed by atoms with van der Waals surface area (Å²) in [5.41, 5.74) is 4.11. The number of amidine groups is 1. The second-order valence-corrected chi connectivity index (χ2v) is 5.15. The highest BCUT2D eigenvalue weighted by Gasteiger charge is 2.17. The molecule has 0 amide bonds. The molecule has 0 bridgehead atoms. The van der Waals surface area contributed by atoms with Gasteiger partial charge in [0.25, 0.3) is 0 Å². The van der Waals surface area contributed by atoms with E-state index in [4.69, 9.17) is 4.42 Å². The Balaban J connectivity index is 2.08. The topological polar surface area (TPSA) is 67.0 Å². The van der Waals surface area contributed by atoms with Crippen molar-refractivity contribution in [3.8, 4) is 0 Å². The maximum absolute atomic E-state index is 12.0. The molecule has 1 aromatic carbocycles. The molecular weight excluding hydrogens is 330 g/mol. The van der Waals surface area contributed by atoms with E-state index in [9.17, 15) is 4.79 Å². The maximum Gasteiger partial charge on any atom is 0.345 e. The molecule has 7 heteroatoms. The second-order valence-electron chi connectivity index (χ2n) is 3.83. The van der Waals surface area contributed by atoms with E-state index in [-0.39, 0.29) is 5.63 Å². The quantitative estimate of drug-likeness (QED) is 0.812. The van der Waals surface area contributed by atoms with Crippen molar-refractivity contribution in [1.82, 2.24) is 5.43 Å². The van der Waals surface area contributed by atoms with E-state index in [0.29, 0.717) is 27.8 Å². The Kier molecular flexibility index (Phi) is 3.39. The summed E-state index contributed by atoms with van der Waals surface area (Å²) in [5.74, 6) is 0.570. The zero-order valence-electron chi connectivity index (χ0n) is 9.59. The highest BCUT2D eigenvalue weighted by molar-refractivity contribution is 9.08. The molecule has 1 aliphatic heterocycles. The Morgan fingerprint density at radius 3 is 3.00 bits per heavy atom. The van der Waals surface area contributed by atoms with Gasteiger partial charge in [0.1, 0.15) is 5.58 Å². The van der Waals surface area contributed by atoms with Crippen LogP contribution in [0, 0.1) is 0 Å². The summed E-state index contributed by atoms with van der Waals surface area (Å²) in [5, 5.41) is 5.69. The van der Waals surface area contributed by atoms with Crippen LogP contribution in [0.4, 0.5) is 0 Å². The lowest BCUT2D eigenvalue weighted by molar-refractivity contribution is 0.559. The Bertz CT molecular complexity index is 754. The minimum absolute atomic E-state index is 0.376. The average Bonchev–Trinajstić information content (AvgIpc) is 2.47. The van der Waals surface area contributed by atoms with Crippen LogP contribution in [-0.4, -0.2) is 16.6 Å². The Morgan fingerprint density at radius 2 is 2.26 bits per heavy atom. The van der Waals surface area contributed by atoms with E-state index in [1.807, 2.05) is 18.2 Å². The van der Waals surface area contributed by atoms with E-state index < -0.39 is 0 Å². The van der Waals surface area contributed by atoms with Gasteiger partial charge in [0, 0.05) is 11.1 Å². The van der Waals surface area contributed by atoms with Crippen LogP contribution >= 0.6 is 27.9 Å². The van der Waals surface area contributed by atoms with Crippen LogP contribution in [0.15, 0.2) is 48.7 Å². The molecule has 0 radical (unpaired) electrons. The van der Waals surface area contributed by atoms with Gasteiger partial charge in [-0.05, 0) is 12.1 Å². The van der Waals surface area contributed by atoms with E-state index in [1.165, 1.54) is 11.8 Å². The number of thioether (sulfide) groups is 1. The van der Waals surface area contributed by atoms with Crippen LogP contribution in [-0.2, 0) is 0 Å². The van der Waals surface area contributed by atoms with Gasteiger partial charge in [-0.3, -0.25) is 5.43 Å². The van der Waals surface area contributed by atoms with Crippen molar-refractivity contribution in [2.75, 3.05) is 5.75 Å². The number of para-hydroxylation sites is 1. The number of halogens is 1. The molecule has 2 heterocycles. The van der Waals surface area contributed by atoms with Gasteiger partial charge < -0.3 is 4.42 Å². The predicted octanol–water partition coefficient (Wildman–Crippen LogP) is 2.50. The molecule has 0 atom stereocenters. The maximum atomic E-state index is 12.0. The number of rotatable bonds is 1. The van der Waals surface area contributed by atoms with Gasteiger partial charge >= 0.3 is 5.63 Å². The van der Waals surface area contributed by atoms with Gasteiger partial charge in [-0.25, -0.2) is 4.79 Å². The van der Waals surface area contributed by atoms with Gasteiger partial charge in [-0.2, -0.15) is 9.12 Å². The first kappa shape index (κ1) is 12.4. The number of hydrogen-bond donors (Lipinski definition) is 1. The van der Waals surface area contributed by atoms with Gasteiger partial charge in [-0.15, -0.1) is 0 Å². The van der Waals surface area contributed by atoms with E-state index in [0.717, 1.165) is 5.39 Å². The van der Waals surface area contributed by atoms with Crippen molar-refractivity contribution >= 4 is 49.8 Å². The Hall–Kier alpha value is -1.60. The lowest BCUT2D eigenvalue weighted by Crippen LogP contribution is -2.28. The minimum atomic E-state index is -0.376. The second kappa shape index (κ2) is 5.18. The van der Waals surface area contributed by atoms with Crippen molar-refractivity contribution in [1.29, 1.82) is 0 Å². The summed E-state index contributed by atoms with van der Waals surface area (Å²) in [6.07, 6.45) is 0. The summed E-state index contributed by atoms with van der Waals surface area (Å²) in [7, 11) is 0. The van der Waals surface area contributed by atoms with Crippen molar-refractivity contribution in [2.45, 2.75) is 0 Å². The predicted molar refractivity (Wildman–Crippen MR) is 81.0 cm³/mol. The van der Waals surface area contributed by atoms with Crippen LogP contribution in [0.1, 0.15) is 5.56 Å². The zero-order valence-corrected chi connectivity index (χ0v) is 12.0. The molecule has 0 aliphatic carbocycles. The van der Waals surface area contributed by atoms with E-state index >= 15 is 0 Å². The lowest BCUT2D eigenvalue weighted by atomic mass is 10.1. The molecule has 96 valence electrons. The number of benzene rings is 1. The first-order chi connectivity index (χ1) is 9.28. The molecule has 1 N–H and O–H groups in total. The molecule has 1 aromatic heterocycles. The van der Waals surface area contributed by atoms with Crippen LogP contribution < -0.4 is 11.1 Å². The van der Waals surface area contributed by atoms with Crippen molar-refractivity contribution in [2.24, 2.45) is 9.12 Å². The third-order valence-corrected chi connectivity index (χ3v) is 4.12. The van der Waals surface area contributed by atoms with Gasteiger partial charge in [0.15, 0.2) is 5.17 Å². The summed E-state index contributed by atoms with van der Waals surface area (Å²) < 4.78 is 9.11. The molecule has 2 aromatic rings. The lowest BCUT2D eigenvalue weighted by Gasteiger charge is -2.13. The summed E-state index contributed by atoms with van der Waals surface area (Å²) >= 11 is 4.45. The van der Waals surface area contributed by atoms with Crippen LogP contribution in [0.25, 0.3) is 11.0 Å². The molecule has 5 nitrogen and oxygen atoms in total. The summed E-state index contributed by atoms with van der Waals surface area (Å²) in [4.78, 5) is 12.0. The van der Waals surface area contributed by atoms with Crippen molar-refractivity contribution in [3.05, 3.63) is 46.3 Å². The monoisotopic (exact) mass is 337 g/mol. The molecule has 0 saturated carbocycles. The van der Waals surface area contributed by atoms with Crippen LogP contribution in [0.2, 0.25) is 0 Å². The molecule has 0 spiro atoms. The molecule has 1 aliphatic rings. The minimum Gasteiger partial charge on any atom is -0.422 e. The number of nitrogens with one attached hydrogen (secondary N) is 1. The molecule has 3 rings (SSSR count). The molecular formula is C12H8BrN3O2S. The third kappa shape index (κ3) is 2.43. The molecule has 0 saturated heterocycles. The number of hydrazone groups is 1. The smallest absolute Gasteiger partial charge is 0.345 e. The average molecular weight is 338 g/mol. The molecule has 0 unspecified atom stereocenters. The summed E-state index contributed by atoms with van der Waals surface area (Å²) in [6.45, 7) is 0. The van der Waals surface area contributed by atoms with Crippen LogP contribution in [0.5, 0.6) is 0 Å². The Morgan fingerprint density at radius 1 is 1.42 bits per heavy atom. The third-order valence-electron chi connectivity index (χ3n) is 2.66. The fraction of sp³-hybridized carbons (Fsp3) is 0.0833. The highest BCUT2D eigenvalue weighted by atomic mass is 79.9. The first-order valence-corrected chi connectivity index (χ1v) is 7.15. The largest absolute Gasteiger partial charge is 0.422 e. The van der Waals surface area contributed by atoms with Gasteiger partial charge in [-0.1, -0.05) is 30.0 Å². The van der Waals surface area contributed by atoms with Crippen molar-refractivity contribution < 1.29 is 4.42 Å². The standard InChI is InChI=1S/C12H8BrN3O2S/c13-14-12-16-15-9(6-19-12)8-5-7-3-1-2-4-10(7)18-11(8)17/h1-5H,6H2,(H,14,16). The fourth-order valence-electron chi connectivity index (χ4n) is 1.76. The zero-order chi connectivity index (χ0) is 13.2. The van der Waals surface area contributed by atoms with E-state index in [2.05, 4.69) is 30.7 Å². The first-order valence-electron chi connectivity index (χ1n) is 5.45. The van der Waals surface area contributed by atoms with Crippen LogP contribution in [0.3, 0.4) is 0 Å². The van der Waals surface area contributed by atoms with E-state index in [1.54, 1.807) is 12.1 Å². The fourth-order valence-corrected chi connectivity index (χ4v) is 2.80. The number of nitrogens with zero attached hydrogens (tertiary/aromatic N) is 2. The number of fused-ring (bicyclic) bond motifs is 1. The summed E-state index contributed by atoms with van der Waals surface area (Å²) in [6, 6.07) is 9.21. The highest BCUT2D eigenvalue weighted by Crippen LogP contribution is 2.16. The Labute approximate surface area is 121 Å². The number of hydrogen-bond acceptors (Lipinski definition) is 5.